The van der Waals surface area contributed by atoms with Crippen LogP contribution < -0.4 is 11.1 Å². The molecule has 0 aliphatic carbocycles. The zero-order chi connectivity index (χ0) is 14.0. The summed E-state index contributed by atoms with van der Waals surface area (Å²) in [6, 6.07) is 8.11. The maximum atomic E-state index is 13.0. The Kier molecular flexibility index (Phi) is 3.46. The number of nitrogens with one attached hydrogen (secondary N) is 1. The lowest BCUT2D eigenvalue weighted by molar-refractivity contribution is 0.102. The lowest BCUT2D eigenvalue weighted by Crippen LogP contribution is -2.13. The van der Waals surface area contributed by atoms with Crippen LogP contribution in [0, 0.1) is 18.6 Å². The minimum atomic E-state index is -1.07. The first kappa shape index (κ1) is 13.0. The average Bonchev–Trinajstić information content (AvgIpc) is 2.36. The van der Waals surface area contributed by atoms with E-state index < -0.39 is 17.5 Å². The summed E-state index contributed by atoms with van der Waals surface area (Å²) in [7, 11) is 0. The van der Waals surface area contributed by atoms with E-state index in [1.54, 1.807) is 18.2 Å². The highest BCUT2D eigenvalue weighted by atomic mass is 19.2. The number of anilines is 2. The van der Waals surface area contributed by atoms with E-state index in [4.69, 9.17) is 5.73 Å². The largest absolute Gasteiger partial charge is 0.397 e. The SMILES string of the molecule is Cc1ccc(NC(=O)c2ccc(F)c(F)c2)c(N)c1. The molecule has 3 nitrogen and oxygen atoms in total. The number of rotatable bonds is 2. The van der Waals surface area contributed by atoms with Crippen LogP contribution in [-0.2, 0) is 0 Å². The van der Waals surface area contributed by atoms with Crippen LogP contribution in [0.5, 0.6) is 0 Å². The smallest absolute Gasteiger partial charge is 0.255 e. The number of hydrogen-bond acceptors (Lipinski definition) is 2. The average molecular weight is 262 g/mol. The van der Waals surface area contributed by atoms with Crippen LogP contribution in [-0.4, -0.2) is 5.91 Å². The van der Waals surface area contributed by atoms with Crippen molar-refractivity contribution in [2.24, 2.45) is 0 Å². The van der Waals surface area contributed by atoms with Crippen LogP contribution in [0.15, 0.2) is 36.4 Å². The topological polar surface area (TPSA) is 55.1 Å². The molecule has 1 amide bonds. The van der Waals surface area contributed by atoms with E-state index >= 15 is 0 Å². The molecule has 0 saturated heterocycles. The lowest BCUT2D eigenvalue weighted by atomic mass is 10.1. The van der Waals surface area contributed by atoms with Crippen molar-refractivity contribution in [3.63, 3.8) is 0 Å². The van der Waals surface area contributed by atoms with Crippen molar-refractivity contribution in [3.8, 4) is 0 Å². The number of hydrogen-bond donors (Lipinski definition) is 2. The first-order valence-corrected chi connectivity index (χ1v) is 5.60. The Bertz CT molecular complexity index is 641. The fourth-order valence-electron chi connectivity index (χ4n) is 1.63. The van der Waals surface area contributed by atoms with Gasteiger partial charge in [-0.15, -0.1) is 0 Å². The van der Waals surface area contributed by atoms with E-state index in [0.717, 1.165) is 17.7 Å². The summed E-state index contributed by atoms with van der Waals surface area (Å²) < 4.78 is 25.8. The molecule has 19 heavy (non-hydrogen) atoms. The molecule has 0 saturated carbocycles. The van der Waals surface area contributed by atoms with Crippen molar-refractivity contribution in [1.82, 2.24) is 0 Å². The van der Waals surface area contributed by atoms with Gasteiger partial charge in [0.1, 0.15) is 0 Å². The number of aryl methyl sites for hydroxylation is 1. The molecule has 0 aromatic heterocycles. The van der Waals surface area contributed by atoms with E-state index in [1.807, 2.05) is 6.92 Å². The summed E-state index contributed by atoms with van der Waals surface area (Å²) in [6.45, 7) is 1.87. The van der Waals surface area contributed by atoms with Crippen LogP contribution in [0.4, 0.5) is 20.2 Å². The fourth-order valence-corrected chi connectivity index (χ4v) is 1.63. The van der Waals surface area contributed by atoms with E-state index in [9.17, 15) is 13.6 Å². The third kappa shape index (κ3) is 2.88. The summed E-state index contributed by atoms with van der Waals surface area (Å²) in [5.41, 5.74) is 7.58. The number of benzene rings is 2. The number of carbonyl (C=O) groups excluding carboxylic acids is 1. The van der Waals surface area contributed by atoms with E-state index in [0.29, 0.717) is 11.4 Å². The Morgan fingerprint density at radius 2 is 1.84 bits per heavy atom. The van der Waals surface area contributed by atoms with Crippen LogP contribution in [0.2, 0.25) is 0 Å². The summed E-state index contributed by atoms with van der Waals surface area (Å²) >= 11 is 0. The van der Waals surface area contributed by atoms with Crippen molar-refractivity contribution in [1.29, 1.82) is 0 Å². The Balaban J connectivity index is 2.23. The van der Waals surface area contributed by atoms with Gasteiger partial charge in [0, 0.05) is 5.56 Å². The molecule has 0 aliphatic heterocycles. The summed E-state index contributed by atoms with van der Waals surface area (Å²) in [5, 5.41) is 2.55. The number of amides is 1. The van der Waals surface area contributed by atoms with E-state index in [1.165, 1.54) is 6.07 Å². The molecule has 2 rings (SSSR count). The number of halogens is 2. The summed E-state index contributed by atoms with van der Waals surface area (Å²) in [6.07, 6.45) is 0. The highest BCUT2D eigenvalue weighted by Crippen LogP contribution is 2.20. The van der Waals surface area contributed by atoms with Crippen LogP contribution >= 0.6 is 0 Å². The van der Waals surface area contributed by atoms with Gasteiger partial charge >= 0.3 is 0 Å². The molecule has 0 atom stereocenters. The third-order valence-corrected chi connectivity index (χ3v) is 2.64. The monoisotopic (exact) mass is 262 g/mol. The lowest BCUT2D eigenvalue weighted by Gasteiger charge is -2.09. The maximum Gasteiger partial charge on any atom is 0.255 e. The molecule has 0 unspecified atom stereocenters. The molecular weight excluding hydrogens is 250 g/mol. The highest BCUT2D eigenvalue weighted by Gasteiger charge is 2.11. The van der Waals surface area contributed by atoms with Gasteiger partial charge in [0.15, 0.2) is 11.6 Å². The molecule has 0 heterocycles. The van der Waals surface area contributed by atoms with Gasteiger partial charge in [-0.3, -0.25) is 4.79 Å². The second-order valence-corrected chi connectivity index (χ2v) is 4.17. The predicted octanol–water partition coefficient (Wildman–Crippen LogP) is 3.11. The molecule has 0 radical (unpaired) electrons. The number of carbonyl (C=O) groups is 1. The van der Waals surface area contributed by atoms with Crippen molar-refractivity contribution in [2.45, 2.75) is 6.92 Å². The maximum absolute atomic E-state index is 13.0. The Hall–Kier alpha value is -2.43. The van der Waals surface area contributed by atoms with Crippen molar-refractivity contribution < 1.29 is 13.6 Å². The molecule has 0 bridgehead atoms. The van der Waals surface area contributed by atoms with Crippen LogP contribution in [0.25, 0.3) is 0 Å². The van der Waals surface area contributed by atoms with E-state index in [2.05, 4.69) is 5.32 Å². The Labute approximate surface area is 109 Å². The van der Waals surface area contributed by atoms with Gasteiger partial charge in [0.05, 0.1) is 11.4 Å². The summed E-state index contributed by atoms with van der Waals surface area (Å²) in [4.78, 5) is 11.9. The zero-order valence-electron chi connectivity index (χ0n) is 10.2. The van der Waals surface area contributed by atoms with Gasteiger partial charge < -0.3 is 11.1 Å². The number of nitrogens with two attached hydrogens (primary N) is 1. The molecule has 5 heteroatoms. The van der Waals surface area contributed by atoms with Gasteiger partial charge in [-0.1, -0.05) is 6.07 Å². The minimum Gasteiger partial charge on any atom is -0.397 e. The van der Waals surface area contributed by atoms with Crippen molar-refractivity contribution in [2.75, 3.05) is 11.1 Å². The minimum absolute atomic E-state index is 0.0267. The second-order valence-electron chi connectivity index (χ2n) is 4.17. The second kappa shape index (κ2) is 5.06. The first-order chi connectivity index (χ1) is 8.97. The molecule has 0 spiro atoms. The number of nitrogen functional groups attached to an aromatic ring is 1. The quantitative estimate of drug-likeness (QED) is 0.817. The normalized spacial score (nSPS) is 10.3. The van der Waals surface area contributed by atoms with Gasteiger partial charge in [-0.2, -0.15) is 0 Å². The van der Waals surface area contributed by atoms with Gasteiger partial charge in [0.25, 0.3) is 5.91 Å². The van der Waals surface area contributed by atoms with Crippen molar-refractivity contribution >= 4 is 17.3 Å². The molecular formula is C14H12F2N2O. The van der Waals surface area contributed by atoms with Crippen LogP contribution in [0.1, 0.15) is 15.9 Å². The Morgan fingerprint density at radius 3 is 2.47 bits per heavy atom. The van der Waals surface area contributed by atoms with Crippen molar-refractivity contribution in [3.05, 3.63) is 59.2 Å². The fraction of sp³-hybridized carbons (Fsp3) is 0.0714. The van der Waals surface area contributed by atoms with Gasteiger partial charge in [0.2, 0.25) is 0 Å². The Morgan fingerprint density at radius 1 is 1.11 bits per heavy atom. The standard InChI is InChI=1S/C14H12F2N2O/c1-8-2-5-13(12(17)6-8)18-14(19)9-3-4-10(15)11(16)7-9/h2-7H,17H2,1H3,(H,18,19). The third-order valence-electron chi connectivity index (χ3n) is 2.64. The molecule has 0 aliphatic rings. The summed E-state index contributed by atoms with van der Waals surface area (Å²) in [5.74, 6) is -2.61. The van der Waals surface area contributed by atoms with Gasteiger partial charge in [-0.05, 0) is 42.8 Å². The molecule has 0 fully saturated rings. The molecule has 98 valence electrons. The van der Waals surface area contributed by atoms with E-state index in [-0.39, 0.29) is 5.56 Å². The van der Waals surface area contributed by atoms with Crippen LogP contribution in [0.3, 0.4) is 0 Å². The first-order valence-electron chi connectivity index (χ1n) is 5.60. The zero-order valence-corrected chi connectivity index (χ0v) is 10.2. The highest BCUT2D eigenvalue weighted by molar-refractivity contribution is 6.05. The molecule has 2 aromatic rings. The molecule has 2 aromatic carbocycles. The molecule has 3 N–H and O–H groups in total. The van der Waals surface area contributed by atoms with Gasteiger partial charge in [-0.25, -0.2) is 8.78 Å². The predicted molar refractivity (Wildman–Crippen MR) is 69.9 cm³/mol.